The quantitative estimate of drug-likeness (QED) is 0.681. The van der Waals surface area contributed by atoms with Crippen molar-refractivity contribution >= 4 is 27.5 Å². The van der Waals surface area contributed by atoms with Gasteiger partial charge in [0.25, 0.3) is 0 Å². The van der Waals surface area contributed by atoms with Crippen LogP contribution in [0.4, 0.5) is 0 Å². The molecule has 0 saturated heterocycles. The van der Waals surface area contributed by atoms with Crippen molar-refractivity contribution in [3.05, 3.63) is 28.3 Å². The van der Waals surface area contributed by atoms with Gasteiger partial charge in [0, 0.05) is 15.8 Å². The van der Waals surface area contributed by atoms with Crippen LogP contribution < -0.4 is 4.74 Å². The molecular weight excluding hydrogens is 312 g/mol. The van der Waals surface area contributed by atoms with Gasteiger partial charge < -0.3 is 4.74 Å². The Bertz CT molecular complexity index is 401. The fraction of sp³-hybridized carbons (Fsp3) is 0.600. The second kappa shape index (κ2) is 5.83. The third-order valence-electron chi connectivity index (χ3n) is 3.90. The Labute approximate surface area is 123 Å². The average Bonchev–Trinajstić information content (AvgIpc) is 2.83. The van der Waals surface area contributed by atoms with Crippen LogP contribution in [0.25, 0.3) is 0 Å². The second-order valence-corrected chi connectivity index (χ2v) is 6.44. The fourth-order valence-electron chi connectivity index (χ4n) is 2.67. The molecule has 2 rings (SSSR count). The summed E-state index contributed by atoms with van der Waals surface area (Å²) in [5.41, 5.74) is 2.51. The van der Waals surface area contributed by atoms with Crippen molar-refractivity contribution in [2.24, 2.45) is 5.41 Å². The third kappa shape index (κ3) is 3.03. The van der Waals surface area contributed by atoms with Gasteiger partial charge in [0.05, 0.1) is 6.61 Å². The molecule has 1 nitrogen and oxygen atoms in total. The molecule has 1 saturated carbocycles. The molecule has 1 aliphatic rings. The number of rotatable bonds is 4. The summed E-state index contributed by atoms with van der Waals surface area (Å²) >= 11 is 9.81. The van der Waals surface area contributed by atoms with Crippen LogP contribution in [0, 0.1) is 19.3 Å². The van der Waals surface area contributed by atoms with Gasteiger partial charge in [-0.1, -0.05) is 40.4 Å². The van der Waals surface area contributed by atoms with Crippen molar-refractivity contribution in [2.75, 3.05) is 11.9 Å². The van der Waals surface area contributed by atoms with Crippen LogP contribution in [0.2, 0.25) is 5.02 Å². The van der Waals surface area contributed by atoms with Gasteiger partial charge in [0.1, 0.15) is 5.75 Å². The molecule has 1 fully saturated rings. The highest BCUT2D eigenvalue weighted by atomic mass is 79.9. The molecule has 1 aromatic rings. The maximum Gasteiger partial charge on any atom is 0.119 e. The van der Waals surface area contributed by atoms with Crippen LogP contribution in [0.5, 0.6) is 5.75 Å². The number of ether oxygens (including phenoxy) is 1. The van der Waals surface area contributed by atoms with E-state index in [0.29, 0.717) is 5.41 Å². The lowest BCUT2D eigenvalue weighted by molar-refractivity contribution is 0.174. The molecule has 18 heavy (non-hydrogen) atoms. The molecule has 0 bridgehead atoms. The van der Waals surface area contributed by atoms with Crippen molar-refractivity contribution in [1.82, 2.24) is 0 Å². The van der Waals surface area contributed by atoms with Gasteiger partial charge in [-0.3, -0.25) is 0 Å². The first-order valence-electron chi connectivity index (χ1n) is 6.52. The van der Waals surface area contributed by atoms with E-state index >= 15 is 0 Å². The van der Waals surface area contributed by atoms with Gasteiger partial charge in [-0.2, -0.15) is 0 Å². The Kier molecular flexibility index (Phi) is 4.60. The summed E-state index contributed by atoms with van der Waals surface area (Å²) in [5, 5.41) is 1.88. The highest BCUT2D eigenvalue weighted by Crippen LogP contribution is 2.40. The van der Waals surface area contributed by atoms with Crippen molar-refractivity contribution in [2.45, 2.75) is 39.5 Å². The Hall–Kier alpha value is -0.210. The van der Waals surface area contributed by atoms with Gasteiger partial charge in [0.2, 0.25) is 0 Å². The van der Waals surface area contributed by atoms with E-state index in [1.807, 2.05) is 26.0 Å². The molecule has 0 aliphatic heterocycles. The van der Waals surface area contributed by atoms with Crippen LogP contribution in [0.3, 0.4) is 0 Å². The zero-order valence-corrected chi connectivity index (χ0v) is 13.4. The number of benzene rings is 1. The highest BCUT2D eigenvalue weighted by Gasteiger charge is 2.33. The second-order valence-electron chi connectivity index (χ2n) is 5.50. The van der Waals surface area contributed by atoms with E-state index in [-0.39, 0.29) is 0 Å². The van der Waals surface area contributed by atoms with Crippen molar-refractivity contribution in [3.8, 4) is 5.75 Å². The standard InChI is InChI=1S/C15H20BrClO/c1-11-7-13(8-12(2)14(11)17)18-10-15(9-16)5-3-4-6-15/h7-8H,3-6,9-10H2,1-2H3. The zero-order chi connectivity index (χ0) is 13.2. The van der Waals surface area contributed by atoms with E-state index < -0.39 is 0 Å². The minimum Gasteiger partial charge on any atom is -0.493 e. The monoisotopic (exact) mass is 330 g/mol. The topological polar surface area (TPSA) is 9.23 Å². The van der Waals surface area contributed by atoms with Crippen LogP contribution >= 0.6 is 27.5 Å². The number of halogens is 2. The Morgan fingerprint density at radius 1 is 1.22 bits per heavy atom. The first-order valence-corrected chi connectivity index (χ1v) is 8.02. The smallest absolute Gasteiger partial charge is 0.119 e. The SMILES string of the molecule is Cc1cc(OCC2(CBr)CCCC2)cc(C)c1Cl. The fourth-order valence-corrected chi connectivity index (χ4v) is 3.50. The molecule has 1 aliphatic carbocycles. The largest absolute Gasteiger partial charge is 0.493 e. The Morgan fingerprint density at radius 3 is 2.28 bits per heavy atom. The van der Waals surface area contributed by atoms with E-state index in [1.165, 1.54) is 25.7 Å². The Morgan fingerprint density at radius 2 is 1.78 bits per heavy atom. The summed E-state index contributed by atoms with van der Waals surface area (Å²) in [5.74, 6) is 0.946. The lowest BCUT2D eigenvalue weighted by Crippen LogP contribution is -2.27. The molecule has 0 radical (unpaired) electrons. The molecule has 0 heterocycles. The lowest BCUT2D eigenvalue weighted by Gasteiger charge is -2.26. The van der Waals surface area contributed by atoms with E-state index in [4.69, 9.17) is 16.3 Å². The summed E-state index contributed by atoms with van der Waals surface area (Å²) in [4.78, 5) is 0. The van der Waals surface area contributed by atoms with Crippen LogP contribution in [0.15, 0.2) is 12.1 Å². The van der Waals surface area contributed by atoms with Crippen molar-refractivity contribution < 1.29 is 4.74 Å². The zero-order valence-electron chi connectivity index (χ0n) is 11.1. The molecule has 100 valence electrons. The first-order chi connectivity index (χ1) is 8.56. The van der Waals surface area contributed by atoms with Crippen molar-refractivity contribution in [3.63, 3.8) is 0 Å². The normalized spacial score (nSPS) is 18.0. The summed E-state index contributed by atoms with van der Waals surface area (Å²) in [7, 11) is 0. The van der Waals surface area contributed by atoms with Gasteiger partial charge >= 0.3 is 0 Å². The van der Waals surface area contributed by atoms with Gasteiger partial charge in [-0.25, -0.2) is 0 Å². The van der Waals surface area contributed by atoms with E-state index in [1.54, 1.807) is 0 Å². The molecule has 0 N–H and O–H groups in total. The Balaban J connectivity index is 2.06. The predicted octanol–water partition coefficient (Wildman–Crippen LogP) is 5.29. The number of alkyl halides is 1. The summed E-state index contributed by atoms with van der Waals surface area (Å²) in [6, 6.07) is 4.07. The van der Waals surface area contributed by atoms with Gasteiger partial charge in [0.15, 0.2) is 0 Å². The predicted molar refractivity (Wildman–Crippen MR) is 81.1 cm³/mol. The molecule has 1 aromatic carbocycles. The number of hydrogen-bond donors (Lipinski definition) is 0. The van der Waals surface area contributed by atoms with E-state index in [0.717, 1.165) is 33.8 Å². The van der Waals surface area contributed by atoms with Gasteiger partial charge in [-0.15, -0.1) is 0 Å². The summed E-state index contributed by atoms with van der Waals surface area (Å²) < 4.78 is 6.01. The first kappa shape index (κ1) is 14.2. The van der Waals surface area contributed by atoms with Gasteiger partial charge in [-0.05, 0) is 49.9 Å². The molecule has 3 heteroatoms. The highest BCUT2D eigenvalue weighted by molar-refractivity contribution is 9.09. The number of hydrogen-bond acceptors (Lipinski definition) is 1. The van der Waals surface area contributed by atoms with Crippen molar-refractivity contribution in [1.29, 1.82) is 0 Å². The van der Waals surface area contributed by atoms with Crippen LogP contribution in [-0.2, 0) is 0 Å². The third-order valence-corrected chi connectivity index (χ3v) is 5.69. The minimum absolute atomic E-state index is 0.335. The number of aryl methyl sites for hydroxylation is 2. The average molecular weight is 332 g/mol. The maximum atomic E-state index is 6.17. The lowest BCUT2D eigenvalue weighted by atomic mass is 9.90. The minimum atomic E-state index is 0.335. The summed E-state index contributed by atoms with van der Waals surface area (Å²) in [6.45, 7) is 4.86. The molecular formula is C15H20BrClO. The summed E-state index contributed by atoms with van der Waals surface area (Å²) in [6.07, 6.45) is 5.19. The molecule has 0 amide bonds. The van der Waals surface area contributed by atoms with Crippen LogP contribution in [0.1, 0.15) is 36.8 Å². The van der Waals surface area contributed by atoms with E-state index in [2.05, 4.69) is 15.9 Å². The molecule has 0 aromatic heterocycles. The van der Waals surface area contributed by atoms with Crippen LogP contribution in [-0.4, -0.2) is 11.9 Å². The molecule has 0 spiro atoms. The van der Waals surface area contributed by atoms with E-state index in [9.17, 15) is 0 Å². The molecule has 0 unspecified atom stereocenters. The maximum absolute atomic E-state index is 6.17. The molecule has 0 atom stereocenters.